The Morgan fingerprint density at radius 3 is 3.08 bits per heavy atom. The number of hydrogen-bond donors (Lipinski definition) is 2. The number of fused-ring (bicyclic) bond motifs is 1. The van der Waals surface area contributed by atoms with Crippen LogP contribution in [0.1, 0.15) is 42.9 Å². The number of nitrogens with one attached hydrogen (secondary N) is 2. The summed E-state index contributed by atoms with van der Waals surface area (Å²) in [6.07, 6.45) is 5.28. The zero-order valence-corrected chi connectivity index (χ0v) is 14.5. The number of carbonyl (C=O) groups is 1. The van der Waals surface area contributed by atoms with Gasteiger partial charge in [-0.05, 0) is 24.5 Å². The topological polar surface area (TPSA) is 77.7 Å². The average Bonchev–Trinajstić information content (AvgIpc) is 3.29. The highest BCUT2D eigenvalue weighted by Gasteiger charge is 2.27. The Labute approximate surface area is 146 Å². The summed E-state index contributed by atoms with van der Waals surface area (Å²) in [4.78, 5) is 22.6. The number of aryl methyl sites for hydroxylation is 1. The first kappa shape index (κ1) is 15.9. The second-order valence-electron chi connectivity index (χ2n) is 6.71. The molecule has 0 bridgehead atoms. The molecule has 1 amide bonds. The van der Waals surface area contributed by atoms with Gasteiger partial charge >= 0.3 is 0 Å². The minimum atomic E-state index is 0.181. The van der Waals surface area contributed by atoms with Crippen LogP contribution in [0.4, 0.5) is 0 Å². The standard InChI is InChI=1S/C19H23N5O/c1-2-17-21-19(23-22-17)13-6-5-9-24(12-13)18(25)10-14-11-20-16-8-4-3-7-15(14)16/h3-4,7-8,11,13,20H,2,5-6,9-10,12H2,1H3,(H,21,22,23)/t13-/m1/s1. The second kappa shape index (κ2) is 6.70. The van der Waals surface area contributed by atoms with Crippen molar-refractivity contribution in [3.05, 3.63) is 47.7 Å². The van der Waals surface area contributed by atoms with Crippen LogP contribution < -0.4 is 0 Å². The summed E-state index contributed by atoms with van der Waals surface area (Å²) in [7, 11) is 0. The number of aromatic amines is 2. The molecule has 1 aromatic carbocycles. The fourth-order valence-electron chi connectivity index (χ4n) is 3.62. The SMILES string of the molecule is CCc1nc([C@@H]2CCCN(C(=O)Cc3c[nH]c4ccccc34)C2)n[nH]1. The van der Waals surface area contributed by atoms with Crippen molar-refractivity contribution in [3.63, 3.8) is 0 Å². The van der Waals surface area contributed by atoms with Gasteiger partial charge in [0.1, 0.15) is 5.82 Å². The van der Waals surface area contributed by atoms with Gasteiger partial charge in [0.25, 0.3) is 0 Å². The summed E-state index contributed by atoms with van der Waals surface area (Å²) in [5.41, 5.74) is 2.14. The van der Waals surface area contributed by atoms with E-state index in [1.807, 2.05) is 29.3 Å². The number of piperidine rings is 1. The largest absolute Gasteiger partial charge is 0.361 e. The minimum Gasteiger partial charge on any atom is -0.361 e. The molecule has 3 heterocycles. The molecule has 1 aliphatic rings. The van der Waals surface area contributed by atoms with Crippen LogP contribution in [-0.2, 0) is 17.6 Å². The Balaban J connectivity index is 1.46. The number of carbonyl (C=O) groups excluding carboxylic acids is 1. The van der Waals surface area contributed by atoms with Crippen LogP contribution in [0.25, 0.3) is 10.9 Å². The molecule has 0 radical (unpaired) electrons. The van der Waals surface area contributed by atoms with Crippen molar-refractivity contribution in [2.75, 3.05) is 13.1 Å². The summed E-state index contributed by atoms with van der Waals surface area (Å²) in [6, 6.07) is 8.11. The summed E-state index contributed by atoms with van der Waals surface area (Å²) >= 11 is 0. The normalized spacial score (nSPS) is 18.0. The summed E-state index contributed by atoms with van der Waals surface area (Å²) < 4.78 is 0. The Morgan fingerprint density at radius 2 is 2.24 bits per heavy atom. The van der Waals surface area contributed by atoms with Crippen LogP contribution in [0.15, 0.2) is 30.5 Å². The number of likely N-dealkylation sites (tertiary alicyclic amines) is 1. The van der Waals surface area contributed by atoms with Crippen molar-refractivity contribution < 1.29 is 4.79 Å². The van der Waals surface area contributed by atoms with Crippen LogP contribution in [-0.4, -0.2) is 44.1 Å². The van der Waals surface area contributed by atoms with E-state index < -0.39 is 0 Å². The highest BCUT2D eigenvalue weighted by Crippen LogP contribution is 2.26. The lowest BCUT2D eigenvalue weighted by molar-refractivity contribution is -0.131. The third-order valence-corrected chi connectivity index (χ3v) is 5.04. The predicted octanol–water partition coefficient (Wildman–Crippen LogP) is 2.80. The lowest BCUT2D eigenvalue weighted by Crippen LogP contribution is -2.40. The monoisotopic (exact) mass is 337 g/mol. The first-order valence-electron chi connectivity index (χ1n) is 8.98. The molecular weight excluding hydrogens is 314 g/mol. The first-order chi connectivity index (χ1) is 12.2. The molecule has 0 aliphatic carbocycles. The number of hydrogen-bond acceptors (Lipinski definition) is 3. The fraction of sp³-hybridized carbons (Fsp3) is 0.421. The van der Waals surface area contributed by atoms with Gasteiger partial charge in [-0.2, -0.15) is 5.10 Å². The molecular formula is C19H23N5O. The molecule has 0 saturated carbocycles. The summed E-state index contributed by atoms with van der Waals surface area (Å²) in [5.74, 6) is 2.18. The molecule has 130 valence electrons. The van der Waals surface area contributed by atoms with Crippen molar-refractivity contribution in [3.8, 4) is 0 Å². The zero-order valence-electron chi connectivity index (χ0n) is 14.5. The molecule has 1 atom stereocenters. The Morgan fingerprint density at radius 1 is 1.36 bits per heavy atom. The number of rotatable bonds is 4. The highest BCUT2D eigenvalue weighted by molar-refractivity contribution is 5.88. The van der Waals surface area contributed by atoms with E-state index in [0.29, 0.717) is 13.0 Å². The van der Waals surface area contributed by atoms with E-state index in [1.165, 1.54) is 0 Å². The molecule has 1 aliphatic heterocycles. The van der Waals surface area contributed by atoms with Gasteiger partial charge in [-0.25, -0.2) is 4.98 Å². The van der Waals surface area contributed by atoms with Crippen molar-refractivity contribution >= 4 is 16.8 Å². The molecule has 0 unspecified atom stereocenters. The summed E-state index contributed by atoms with van der Waals surface area (Å²) in [5, 5.41) is 8.46. The van der Waals surface area contributed by atoms with Crippen molar-refractivity contribution in [2.45, 2.75) is 38.5 Å². The van der Waals surface area contributed by atoms with Gasteiger partial charge in [-0.1, -0.05) is 25.1 Å². The van der Waals surface area contributed by atoms with Crippen molar-refractivity contribution in [1.29, 1.82) is 0 Å². The molecule has 6 heteroatoms. The lowest BCUT2D eigenvalue weighted by atomic mass is 9.96. The molecule has 2 aromatic heterocycles. The van der Waals surface area contributed by atoms with Gasteiger partial charge < -0.3 is 9.88 Å². The van der Waals surface area contributed by atoms with Crippen LogP contribution in [0.2, 0.25) is 0 Å². The highest BCUT2D eigenvalue weighted by atomic mass is 16.2. The molecule has 25 heavy (non-hydrogen) atoms. The van der Waals surface area contributed by atoms with Gasteiger partial charge in [-0.15, -0.1) is 0 Å². The Hall–Kier alpha value is -2.63. The lowest BCUT2D eigenvalue weighted by Gasteiger charge is -2.31. The first-order valence-corrected chi connectivity index (χ1v) is 8.98. The number of benzene rings is 1. The van der Waals surface area contributed by atoms with Crippen molar-refractivity contribution in [1.82, 2.24) is 25.1 Å². The van der Waals surface area contributed by atoms with E-state index in [-0.39, 0.29) is 11.8 Å². The minimum absolute atomic E-state index is 0.181. The number of aromatic nitrogens is 4. The van der Waals surface area contributed by atoms with Crippen LogP contribution in [0, 0.1) is 0 Å². The molecule has 3 aromatic rings. The maximum Gasteiger partial charge on any atom is 0.227 e. The van der Waals surface area contributed by atoms with E-state index in [1.54, 1.807) is 0 Å². The number of nitrogens with zero attached hydrogens (tertiary/aromatic N) is 3. The van der Waals surface area contributed by atoms with Gasteiger partial charge in [0, 0.05) is 42.5 Å². The van der Waals surface area contributed by atoms with E-state index >= 15 is 0 Å². The molecule has 0 spiro atoms. The van der Waals surface area contributed by atoms with Crippen LogP contribution >= 0.6 is 0 Å². The van der Waals surface area contributed by atoms with Crippen LogP contribution in [0.3, 0.4) is 0 Å². The molecule has 4 rings (SSSR count). The third kappa shape index (κ3) is 3.16. The second-order valence-corrected chi connectivity index (χ2v) is 6.71. The maximum atomic E-state index is 12.8. The van der Waals surface area contributed by atoms with Gasteiger partial charge in [0.05, 0.1) is 6.42 Å². The van der Waals surface area contributed by atoms with Crippen LogP contribution in [0.5, 0.6) is 0 Å². The van der Waals surface area contributed by atoms with E-state index in [2.05, 4.69) is 33.2 Å². The molecule has 6 nitrogen and oxygen atoms in total. The smallest absolute Gasteiger partial charge is 0.227 e. The fourth-order valence-corrected chi connectivity index (χ4v) is 3.62. The van der Waals surface area contributed by atoms with E-state index in [9.17, 15) is 4.79 Å². The average molecular weight is 337 g/mol. The number of H-pyrrole nitrogens is 2. The quantitative estimate of drug-likeness (QED) is 0.768. The van der Waals surface area contributed by atoms with E-state index in [0.717, 1.165) is 53.9 Å². The summed E-state index contributed by atoms with van der Waals surface area (Å²) in [6.45, 7) is 3.59. The number of amides is 1. The third-order valence-electron chi connectivity index (χ3n) is 5.04. The molecule has 2 N–H and O–H groups in total. The number of para-hydroxylation sites is 1. The van der Waals surface area contributed by atoms with Gasteiger partial charge in [0.15, 0.2) is 5.82 Å². The molecule has 1 saturated heterocycles. The predicted molar refractivity (Wildman–Crippen MR) is 96.3 cm³/mol. The van der Waals surface area contributed by atoms with Gasteiger partial charge in [-0.3, -0.25) is 9.89 Å². The van der Waals surface area contributed by atoms with E-state index in [4.69, 9.17) is 0 Å². The Bertz CT molecular complexity index is 881. The molecule has 1 fully saturated rings. The van der Waals surface area contributed by atoms with Gasteiger partial charge in [0.2, 0.25) is 5.91 Å². The Kier molecular flexibility index (Phi) is 4.26. The van der Waals surface area contributed by atoms with Crippen molar-refractivity contribution in [2.24, 2.45) is 0 Å². The maximum absolute atomic E-state index is 12.8. The zero-order chi connectivity index (χ0) is 17.2.